The van der Waals surface area contributed by atoms with Crippen LogP contribution in [0, 0.1) is 23.7 Å². The summed E-state index contributed by atoms with van der Waals surface area (Å²) in [6.07, 6.45) is -8.68. The maximum atomic E-state index is 14.1. The number of hydrogen-bond donors (Lipinski definition) is 6. The lowest BCUT2D eigenvalue weighted by atomic mass is 9.72. The predicted molar refractivity (Wildman–Crippen MR) is 189 cm³/mol. The molecule has 0 unspecified atom stereocenters. The van der Waals surface area contributed by atoms with Crippen molar-refractivity contribution in [1.29, 1.82) is 0 Å². The standard InChI is InChI=1S/C37H70N2O12/c1-14-25-37(10,45)30(41)20(4)27(38)18(2)16-35(8,44)32(51-34-28(40)24(39(11)12)15-19(3)47-34)21(5)29(22(6)33(43)49-25)50-26-17-36(9,46-13)31(42)23(7)48-26/h18-32,34,40-42,44-45H,14-17,38H2,1-13H3/t18-,19+,20-,21-,22+,23-,24-,25-,26+,27-,28-,29+,30-,31+,32-,34-,35+,36-,37-/m0/s1. The Hall–Kier alpha value is -1.01. The number of aliphatic hydroxyl groups excluding tert-OH is 3. The van der Waals surface area contributed by atoms with Gasteiger partial charge >= 0.3 is 5.97 Å². The molecule has 0 aliphatic carbocycles. The van der Waals surface area contributed by atoms with E-state index in [1.165, 1.54) is 14.0 Å². The average Bonchev–Trinajstić information content (AvgIpc) is 3.05. The molecule has 3 fully saturated rings. The van der Waals surface area contributed by atoms with Crippen molar-refractivity contribution in [3.63, 3.8) is 0 Å². The first-order valence-electron chi connectivity index (χ1n) is 18.7. The number of nitrogens with zero attached hydrogens (tertiary/aromatic N) is 1. The van der Waals surface area contributed by atoms with Gasteiger partial charge in [-0.1, -0.05) is 27.7 Å². The second-order valence-corrected chi connectivity index (χ2v) is 16.8. The van der Waals surface area contributed by atoms with Gasteiger partial charge in [-0.2, -0.15) is 0 Å². The summed E-state index contributed by atoms with van der Waals surface area (Å²) in [6, 6.07) is -0.983. The number of methoxy groups -OCH3 is 1. The van der Waals surface area contributed by atoms with Crippen LogP contribution >= 0.6 is 0 Å². The first-order valence-corrected chi connectivity index (χ1v) is 18.7. The number of cyclic esters (lactones) is 1. The first-order chi connectivity index (χ1) is 23.4. The van der Waals surface area contributed by atoms with Crippen LogP contribution in [0.1, 0.15) is 94.9 Å². The number of ether oxygens (including phenoxy) is 6. The molecule has 0 amide bonds. The fourth-order valence-electron chi connectivity index (χ4n) is 8.63. The van der Waals surface area contributed by atoms with Gasteiger partial charge in [-0.05, 0) is 80.8 Å². The van der Waals surface area contributed by atoms with Gasteiger partial charge in [-0.3, -0.25) is 4.79 Å². The Kier molecular flexibility index (Phi) is 15.0. The highest BCUT2D eigenvalue weighted by Gasteiger charge is 2.53. The Morgan fingerprint density at radius 3 is 2.08 bits per heavy atom. The highest BCUT2D eigenvalue weighted by Crippen LogP contribution is 2.41. The molecule has 0 aromatic rings. The van der Waals surface area contributed by atoms with E-state index < -0.39 is 108 Å². The van der Waals surface area contributed by atoms with Crippen molar-refractivity contribution >= 4 is 5.97 Å². The number of aliphatic hydroxyl groups is 5. The highest BCUT2D eigenvalue weighted by molar-refractivity contribution is 5.73. The second-order valence-electron chi connectivity index (χ2n) is 16.8. The summed E-state index contributed by atoms with van der Waals surface area (Å²) < 4.78 is 37.3. The topological polar surface area (TPSA) is 203 Å². The van der Waals surface area contributed by atoms with E-state index in [0.717, 1.165) is 0 Å². The third kappa shape index (κ3) is 9.63. The van der Waals surface area contributed by atoms with E-state index in [-0.39, 0.29) is 31.4 Å². The molecule has 3 heterocycles. The van der Waals surface area contributed by atoms with Crippen LogP contribution in [0.2, 0.25) is 0 Å². The minimum Gasteiger partial charge on any atom is -0.459 e. The molecule has 3 rings (SSSR count). The number of hydrogen-bond acceptors (Lipinski definition) is 14. The Morgan fingerprint density at radius 1 is 0.922 bits per heavy atom. The predicted octanol–water partition coefficient (Wildman–Crippen LogP) is 1.54. The maximum absolute atomic E-state index is 14.1. The third-order valence-corrected chi connectivity index (χ3v) is 12.2. The van der Waals surface area contributed by atoms with Crippen LogP contribution in [0.15, 0.2) is 0 Å². The van der Waals surface area contributed by atoms with Crippen molar-refractivity contribution in [2.24, 2.45) is 29.4 Å². The number of likely N-dealkylation sites (N-methyl/N-ethyl adjacent to an activating group) is 1. The molecular formula is C37H70N2O12. The van der Waals surface area contributed by atoms with E-state index in [1.54, 1.807) is 48.5 Å². The third-order valence-electron chi connectivity index (χ3n) is 12.2. The molecule has 0 spiro atoms. The fraction of sp³-hybridized carbons (Fsp3) is 0.973. The summed E-state index contributed by atoms with van der Waals surface area (Å²) in [5, 5.41) is 58.0. The van der Waals surface area contributed by atoms with Gasteiger partial charge in [0.25, 0.3) is 0 Å². The molecule has 14 heteroatoms. The highest BCUT2D eigenvalue weighted by atomic mass is 16.7. The summed E-state index contributed by atoms with van der Waals surface area (Å²) in [6.45, 7) is 17.2. The van der Waals surface area contributed by atoms with Gasteiger partial charge in [-0.15, -0.1) is 0 Å². The van der Waals surface area contributed by atoms with E-state index in [1.807, 2.05) is 32.8 Å². The Balaban J connectivity index is 2.18. The van der Waals surface area contributed by atoms with Crippen LogP contribution in [-0.2, 0) is 33.2 Å². The lowest BCUT2D eigenvalue weighted by Crippen LogP contribution is -2.62. The lowest BCUT2D eigenvalue weighted by Gasteiger charge is -2.49. The molecule has 300 valence electrons. The van der Waals surface area contributed by atoms with Crippen LogP contribution in [0.5, 0.6) is 0 Å². The summed E-state index contributed by atoms with van der Waals surface area (Å²) in [4.78, 5) is 16.0. The Morgan fingerprint density at radius 2 is 1.53 bits per heavy atom. The zero-order chi connectivity index (χ0) is 39.0. The van der Waals surface area contributed by atoms with Crippen LogP contribution in [0.4, 0.5) is 0 Å². The molecule has 3 aliphatic heterocycles. The zero-order valence-corrected chi connectivity index (χ0v) is 33.2. The van der Waals surface area contributed by atoms with Crippen molar-refractivity contribution in [3.8, 4) is 0 Å². The Labute approximate surface area is 305 Å². The van der Waals surface area contributed by atoms with Crippen molar-refractivity contribution in [1.82, 2.24) is 4.90 Å². The van der Waals surface area contributed by atoms with Gasteiger partial charge in [0.05, 0.1) is 47.6 Å². The lowest BCUT2D eigenvalue weighted by molar-refractivity contribution is -0.318. The van der Waals surface area contributed by atoms with Gasteiger partial charge in [-0.25, -0.2) is 0 Å². The van der Waals surface area contributed by atoms with E-state index >= 15 is 0 Å². The van der Waals surface area contributed by atoms with Gasteiger partial charge < -0.3 is 64.6 Å². The zero-order valence-electron chi connectivity index (χ0n) is 33.2. The summed E-state index contributed by atoms with van der Waals surface area (Å²) in [5.74, 6) is -3.57. The van der Waals surface area contributed by atoms with Crippen LogP contribution < -0.4 is 5.73 Å². The number of rotatable bonds is 7. The van der Waals surface area contributed by atoms with Crippen LogP contribution in [0.3, 0.4) is 0 Å². The van der Waals surface area contributed by atoms with Crippen molar-refractivity contribution in [3.05, 3.63) is 0 Å². The second kappa shape index (κ2) is 17.2. The summed E-state index contributed by atoms with van der Waals surface area (Å²) in [7, 11) is 5.24. The van der Waals surface area contributed by atoms with Crippen LogP contribution in [0.25, 0.3) is 0 Å². The summed E-state index contributed by atoms with van der Waals surface area (Å²) in [5.41, 5.74) is 2.20. The molecule has 0 radical (unpaired) electrons. The molecule has 51 heavy (non-hydrogen) atoms. The van der Waals surface area contributed by atoms with Crippen LogP contribution in [-0.4, -0.2) is 148 Å². The van der Waals surface area contributed by atoms with Crippen molar-refractivity contribution in [2.75, 3.05) is 21.2 Å². The number of nitrogens with two attached hydrogens (primary N) is 1. The molecular weight excluding hydrogens is 664 g/mol. The SMILES string of the molecule is CC[C@@H]1OC(=O)[C@H](C)[C@H](O[C@@H]2C[C@](C)(OC)[C@H](O)[C@H](C)O2)[C@H](C)[C@H](O[C@@H]2O[C@H](C)C[C@H](N(C)C)[C@@H]2O)[C@](C)(O)C[C@H](C)[C@H](N)[C@H](C)[C@H](O)[C@@]1(C)O. The molecule has 0 aromatic heterocycles. The molecule has 7 N–H and O–H groups in total. The van der Waals surface area contributed by atoms with Gasteiger partial charge in [0, 0.05) is 37.5 Å². The molecule has 3 saturated heterocycles. The molecule has 19 atom stereocenters. The molecule has 0 saturated carbocycles. The van der Waals surface area contributed by atoms with E-state index in [4.69, 9.17) is 34.2 Å². The van der Waals surface area contributed by atoms with Gasteiger partial charge in [0.1, 0.15) is 23.9 Å². The van der Waals surface area contributed by atoms with Gasteiger partial charge in [0.2, 0.25) is 0 Å². The Bertz CT molecular complexity index is 1130. The normalized spacial score (nSPS) is 51.2. The summed E-state index contributed by atoms with van der Waals surface area (Å²) >= 11 is 0. The largest absolute Gasteiger partial charge is 0.459 e. The number of esters is 1. The van der Waals surface area contributed by atoms with Gasteiger partial charge in [0.15, 0.2) is 12.6 Å². The van der Waals surface area contributed by atoms with E-state index in [2.05, 4.69) is 0 Å². The monoisotopic (exact) mass is 734 g/mol. The van der Waals surface area contributed by atoms with Crippen molar-refractivity contribution in [2.45, 2.75) is 185 Å². The first kappa shape index (κ1) is 44.4. The number of carbonyl (C=O) groups is 1. The maximum Gasteiger partial charge on any atom is 0.311 e. The molecule has 14 nitrogen and oxygen atoms in total. The molecule has 0 aromatic carbocycles. The minimum absolute atomic E-state index is 0.0888. The minimum atomic E-state index is -1.85. The average molecular weight is 735 g/mol. The number of carbonyl (C=O) groups excluding carboxylic acids is 1. The van der Waals surface area contributed by atoms with Crippen molar-refractivity contribution < 1.29 is 58.7 Å². The smallest absolute Gasteiger partial charge is 0.311 e. The fourth-order valence-corrected chi connectivity index (χ4v) is 8.63. The molecule has 0 bridgehead atoms. The van der Waals surface area contributed by atoms with E-state index in [9.17, 15) is 30.3 Å². The quantitative estimate of drug-likeness (QED) is 0.206. The van der Waals surface area contributed by atoms with E-state index in [0.29, 0.717) is 6.42 Å². The molecule has 3 aliphatic rings.